The number of epoxide rings is 2. The zero-order valence-corrected chi connectivity index (χ0v) is 14.4. The zero-order valence-electron chi connectivity index (χ0n) is 14.4. The first-order valence-electron chi connectivity index (χ1n) is 8.35. The maximum atomic E-state index is 12.0. The molecule has 8 nitrogen and oxygen atoms in total. The van der Waals surface area contributed by atoms with Crippen LogP contribution in [0, 0.1) is 0 Å². The van der Waals surface area contributed by atoms with Crippen molar-refractivity contribution in [2.45, 2.75) is 12.2 Å². The molecule has 2 aliphatic rings. The second-order valence-corrected chi connectivity index (χ2v) is 6.13. The third-order valence-electron chi connectivity index (χ3n) is 3.92. The van der Waals surface area contributed by atoms with Crippen molar-refractivity contribution in [3.8, 4) is 23.0 Å². The summed E-state index contributed by atoms with van der Waals surface area (Å²) < 4.78 is 15.1. The van der Waals surface area contributed by atoms with Crippen molar-refractivity contribution < 1.29 is 39.4 Å². The second-order valence-electron chi connectivity index (χ2n) is 6.13. The van der Waals surface area contributed by atoms with Crippen LogP contribution in [-0.4, -0.2) is 64.8 Å². The van der Waals surface area contributed by atoms with Gasteiger partial charge in [0.2, 0.25) is 11.5 Å². The summed E-state index contributed by atoms with van der Waals surface area (Å²) in [6.45, 7) is 3.26. The lowest BCUT2D eigenvalue weighted by atomic mass is 10.0. The number of phenols is 4. The topological polar surface area (TPSA) is 132 Å². The summed E-state index contributed by atoms with van der Waals surface area (Å²) >= 11 is 0. The van der Waals surface area contributed by atoms with Crippen molar-refractivity contribution in [3.63, 3.8) is 0 Å². The number of benzene rings is 2. The van der Waals surface area contributed by atoms with Crippen molar-refractivity contribution >= 4 is 5.78 Å². The predicted molar refractivity (Wildman–Crippen MR) is 93.3 cm³/mol. The first kappa shape index (κ1) is 19.0. The molecule has 2 fully saturated rings. The SMILES string of the molecule is C(OCC1CO1)C1CO1.O=C(c1ccccc1)c1cc(O)c(O)c(O)c1O. The molecule has 27 heavy (non-hydrogen) atoms. The zero-order chi connectivity index (χ0) is 19.4. The van der Waals surface area contributed by atoms with Crippen LogP contribution in [0.15, 0.2) is 36.4 Å². The first-order valence-corrected chi connectivity index (χ1v) is 8.35. The molecular weight excluding hydrogens is 356 g/mol. The fraction of sp³-hybridized carbons (Fsp3) is 0.316. The van der Waals surface area contributed by atoms with Crippen molar-refractivity contribution in [2.24, 2.45) is 0 Å². The quantitative estimate of drug-likeness (QED) is 0.258. The third kappa shape index (κ3) is 5.10. The molecular formula is C19H20O8. The van der Waals surface area contributed by atoms with Crippen LogP contribution >= 0.6 is 0 Å². The van der Waals surface area contributed by atoms with Crippen LogP contribution in [0.25, 0.3) is 0 Å². The lowest BCUT2D eigenvalue weighted by molar-refractivity contribution is 0.102. The Hall–Kier alpha value is -2.81. The normalized spacial score (nSPS) is 19.7. The molecule has 2 atom stereocenters. The smallest absolute Gasteiger partial charge is 0.205 e. The second kappa shape index (κ2) is 8.26. The van der Waals surface area contributed by atoms with E-state index in [0.29, 0.717) is 12.2 Å². The van der Waals surface area contributed by atoms with Crippen molar-refractivity contribution in [2.75, 3.05) is 26.4 Å². The minimum absolute atomic E-state index is 0.283. The number of aromatic hydroxyl groups is 4. The molecule has 2 aromatic rings. The summed E-state index contributed by atoms with van der Waals surface area (Å²) in [6, 6.07) is 8.97. The van der Waals surface area contributed by atoms with Crippen LogP contribution < -0.4 is 0 Å². The molecule has 0 spiro atoms. The number of carbonyl (C=O) groups is 1. The highest BCUT2D eigenvalue weighted by Crippen LogP contribution is 2.44. The van der Waals surface area contributed by atoms with Gasteiger partial charge in [0.1, 0.15) is 12.2 Å². The summed E-state index contributed by atoms with van der Waals surface area (Å²) in [6.07, 6.45) is 0.785. The number of ketones is 1. The Morgan fingerprint density at radius 2 is 1.48 bits per heavy atom. The molecule has 0 amide bonds. The Morgan fingerprint density at radius 3 is 2.00 bits per heavy atom. The van der Waals surface area contributed by atoms with E-state index >= 15 is 0 Å². The maximum Gasteiger partial charge on any atom is 0.205 e. The van der Waals surface area contributed by atoms with Crippen molar-refractivity contribution in [1.82, 2.24) is 0 Å². The van der Waals surface area contributed by atoms with Gasteiger partial charge >= 0.3 is 0 Å². The molecule has 8 heteroatoms. The number of ether oxygens (including phenoxy) is 3. The Morgan fingerprint density at radius 1 is 0.926 bits per heavy atom. The van der Waals surface area contributed by atoms with E-state index in [1.807, 2.05) is 0 Å². The average molecular weight is 376 g/mol. The summed E-state index contributed by atoms with van der Waals surface area (Å²) in [4.78, 5) is 12.0. The molecule has 0 radical (unpaired) electrons. The van der Waals surface area contributed by atoms with E-state index in [1.54, 1.807) is 18.2 Å². The van der Waals surface area contributed by atoms with Crippen LogP contribution in [-0.2, 0) is 14.2 Å². The molecule has 2 aliphatic heterocycles. The Kier molecular flexibility index (Phi) is 5.80. The minimum atomic E-state index is -0.922. The Balaban J connectivity index is 0.000000193. The van der Waals surface area contributed by atoms with Gasteiger partial charge in [-0.3, -0.25) is 4.79 Å². The van der Waals surface area contributed by atoms with Gasteiger partial charge in [-0.05, 0) is 6.07 Å². The molecule has 0 saturated carbocycles. The Labute approximate surface area is 155 Å². The van der Waals surface area contributed by atoms with Crippen LogP contribution in [0.4, 0.5) is 0 Å². The van der Waals surface area contributed by atoms with E-state index in [-0.39, 0.29) is 11.1 Å². The summed E-state index contributed by atoms with van der Waals surface area (Å²) in [5.74, 6) is -3.80. The highest BCUT2D eigenvalue weighted by atomic mass is 16.6. The number of hydrogen-bond donors (Lipinski definition) is 4. The van der Waals surface area contributed by atoms with Gasteiger partial charge in [-0.2, -0.15) is 0 Å². The highest BCUT2D eigenvalue weighted by molar-refractivity contribution is 6.11. The van der Waals surface area contributed by atoms with E-state index in [0.717, 1.165) is 32.5 Å². The van der Waals surface area contributed by atoms with Crippen molar-refractivity contribution in [1.29, 1.82) is 0 Å². The third-order valence-corrected chi connectivity index (χ3v) is 3.92. The monoisotopic (exact) mass is 376 g/mol. The van der Waals surface area contributed by atoms with Gasteiger partial charge in [0.25, 0.3) is 0 Å². The van der Waals surface area contributed by atoms with Gasteiger partial charge in [-0.15, -0.1) is 0 Å². The maximum absolute atomic E-state index is 12.0. The van der Waals surface area contributed by atoms with Crippen molar-refractivity contribution in [3.05, 3.63) is 47.5 Å². The molecule has 2 heterocycles. The van der Waals surface area contributed by atoms with E-state index in [1.165, 1.54) is 12.1 Å². The Bertz CT molecular complexity index is 785. The van der Waals surface area contributed by atoms with Crippen LogP contribution in [0.3, 0.4) is 0 Å². The van der Waals surface area contributed by atoms with E-state index < -0.39 is 28.8 Å². The molecule has 0 aromatic heterocycles. The molecule has 4 N–H and O–H groups in total. The molecule has 2 unspecified atom stereocenters. The fourth-order valence-electron chi connectivity index (χ4n) is 2.21. The lowest BCUT2D eigenvalue weighted by Crippen LogP contribution is -2.06. The van der Waals surface area contributed by atoms with E-state index in [9.17, 15) is 25.2 Å². The molecule has 2 saturated heterocycles. The summed E-state index contributed by atoms with van der Waals surface area (Å²) in [7, 11) is 0. The average Bonchev–Trinajstić information content (AvgIpc) is 3.59. The van der Waals surface area contributed by atoms with Gasteiger partial charge in [0, 0.05) is 5.56 Å². The van der Waals surface area contributed by atoms with Crippen LogP contribution in [0.5, 0.6) is 23.0 Å². The van der Waals surface area contributed by atoms with Gasteiger partial charge in [-0.25, -0.2) is 0 Å². The fourth-order valence-corrected chi connectivity index (χ4v) is 2.21. The van der Waals surface area contributed by atoms with Gasteiger partial charge in [0.15, 0.2) is 17.3 Å². The number of rotatable bonds is 6. The number of hydrogen-bond acceptors (Lipinski definition) is 8. The standard InChI is InChI=1S/C13H10O5.C6H10O3/c14-9-6-8(11(16)13(18)12(9)17)10(15)7-4-2-1-3-5-7;1(5-3-8-5)7-2-6-4-9-6/h1-6,14,16-18H;5-6H,1-4H2. The molecule has 0 aliphatic carbocycles. The van der Waals surface area contributed by atoms with Crippen LogP contribution in [0.2, 0.25) is 0 Å². The molecule has 144 valence electrons. The van der Waals surface area contributed by atoms with E-state index in [2.05, 4.69) is 0 Å². The summed E-state index contributed by atoms with van der Waals surface area (Å²) in [5, 5.41) is 37.5. The number of carbonyl (C=O) groups excluding carboxylic acids is 1. The number of phenolic OH excluding ortho intramolecular Hbond substituents is 4. The summed E-state index contributed by atoms with van der Waals surface area (Å²) in [5.41, 5.74) is 0.00582. The highest BCUT2D eigenvalue weighted by Gasteiger charge is 2.26. The minimum Gasteiger partial charge on any atom is -0.504 e. The first-order chi connectivity index (χ1) is 13.0. The predicted octanol–water partition coefficient (Wildman–Crippen LogP) is 1.54. The van der Waals surface area contributed by atoms with Gasteiger partial charge in [-0.1, -0.05) is 30.3 Å². The largest absolute Gasteiger partial charge is 0.504 e. The van der Waals surface area contributed by atoms with E-state index in [4.69, 9.17) is 14.2 Å². The molecule has 2 aromatic carbocycles. The van der Waals surface area contributed by atoms with Gasteiger partial charge < -0.3 is 34.6 Å². The van der Waals surface area contributed by atoms with Crippen LogP contribution in [0.1, 0.15) is 15.9 Å². The molecule has 0 bridgehead atoms. The molecule has 4 rings (SSSR count). The lowest BCUT2D eigenvalue weighted by Gasteiger charge is -2.08. The van der Waals surface area contributed by atoms with Gasteiger partial charge in [0.05, 0.1) is 32.0 Å².